The van der Waals surface area contributed by atoms with Gasteiger partial charge in [0.05, 0.1) is 16.5 Å². The molecule has 2 aromatic rings. The Morgan fingerprint density at radius 2 is 1.83 bits per heavy atom. The summed E-state index contributed by atoms with van der Waals surface area (Å²) in [4.78, 5) is 10.9. The van der Waals surface area contributed by atoms with Crippen molar-refractivity contribution in [3.8, 4) is 0 Å². The summed E-state index contributed by atoms with van der Waals surface area (Å²) in [5.74, 6) is -0.345. The zero-order valence-electron chi connectivity index (χ0n) is 12.4. The first kappa shape index (κ1) is 16.9. The van der Waals surface area contributed by atoms with Crippen molar-refractivity contribution < 1.29 is 23.1 Å². The van der Waals surface area contributed by atoms with Crippen LogP contribution in [0.25, 0.3) is 0 Å². The van der Waals surface area contributed by atoms with Crippen molar-refractivity contribution in [3.63, 3.8) is 0 Å². The number of rotatable bonds is 3. The van der Waals surface area contributed by atoms with E-state index >= 15 is 0 Å². The van der Waals surface area contributed by atoms with Crippen LogP contribution in [0, 0.1) is 0 Å². The van der Waals surface area contributed by atoms with Gasteiger partial charge in [-0.1, -0.05) is 24.3 Å². The normalized spacial score (nSPS) is 21.0. The van der Waals surface area contributed by atoms with E-state index in [2.05, 4.69) is 5.32 Å². The molecule has 0 aromatic heterocycles. The standard InChI is InChI=1S/C17H14F3NO2S/c18-17(19,20)13-3-1-2-12(8-13)14-9-24-15(21-14)10-4-6-11(7-5-10)16(22)23/h1-8,14-15,21H,9H2,(H,22,23). The Hall–Kier alpha value is -1.99. The molecule has 2 atom stereocenters. The van der Waals surface area contributed by atoms with Gasteiger partial charge >= 0.3 is 12.1 Å². The Morgan fingerprint density at radius 1 is 1.12 bits per heavy atom. The van der Waals surface area contributed by atoms with E-state index in [1.807, 2.05) is 0 Å². The SMILES string of the molecule is O=C(O)c1ccc(C2NC(c3cccc(C(F)(F)F)c3)CS2)cc1. The monoisotopic (exact) mass is 353 g/mol. The molecule has 0 saturated carbocycles. The first-order chi connectivity index (χ1) is 11.3. The topological polar surface area (TPSA) is 49.3 Å². The minimum atomic E-state index is -4.35. The van der Waals surface area contributed by atoms with Crippen LogP contribution in [0.15, 0.2) is 48.5 Å². The summed E-state index contributed by atoms with van der Waals surface area (Å²) < 4.78 is 38.5. The molecule has 2 N–H and O–H groups in total. The zero-order chi connectivity index (χ0) is 17.3. The summed E-state index contributed by atoms with van der Waals surface area (Å²) in [5, 5.41) is 12.1. The van der Waals surface area contributed by atoms with Crippen LogP contribution in [0.4, 0.5) is 13.2 Å². The first-order valence-corrected chi connectivity index (χ1v) is 8.27. The number of carbonyl (C=O) groups is 1. The fraction of sp³-hybridized carbons (Fsp3) is 0.235. The number of carboxylic acid groups (broad SMARTS) is 1. The maximum absolute atomic E-state index is 12.8. The average Bonchev–Trinajstić information content (AvgIpc) is 3.04. The Labute approximate surface area is 140 Å². The van der Waals surface area contributed by atoms with Crippen LogP contribution in [0.5, 0.6) is 0 Å². The number of alkyl halides is 3. The molecule has 1 aliphatic heterocycles. The van der Waals surface area contributed by atoms with Crippen molar-refractivity contribution in [2.24, 2.45) is 0 Å². The van der Waals surface area contributed by atoms with E-state index in [1.165, 1.54) is 24.3 Å². The molecule has 2 aromatic carbocycles. The smallest absolute Gasteiger partial charge is 0.416 e. The van der Waals surface area contributed by atoms with Crippen molar-refractivity contribution in [1.82, 2.24) is 5.32 Å². The van der Waals surface area contributed by atoms with Crippen molar-refractivity contribution in [2.45, 2.75) is 17.6 Å². The molecule has 0 amide bonds. The van der Waals surface area contributed by atoms with Gasteiger partial charge in [-0.25, -0.2) is 4.79 Å². The lowest BCUT2D eigenvalue weighted by atomic mass is 10.0. The number of benzene rings is 2. The summed E-state index contributed by atoms with van der Waals surface area (Å²) >= 11 is 1.59. The lowest BCUT2D eigenvalue weighted by Crippen LogP contribution is -2.19. The fourth-order valence-electron chi connectivity index (χ4n) is 2.59. The molecule has 7 heteroatoms. The summed E-state index contributed by atoms with van der Waals surface area (Å²) in [6.45, 7) is 0. The number of hydrogen-bond donors (Lipinski definition) is 2. The van der Waals surface area contributed by atoms with Crippen LogP contribution < -0.4 is 5.32 Å². The van der Waals surface area contributed by atoms with Gasteiger partial charge in [0.15, 0.2) is 0 Å². The predicted molar refractivity (Wildman–Crippen MR) is 85.9 cm³/mol. The van der Waals surface area contributed by atoms with Gasteiger partial charge in [-0.3, -0.25) is 5.32 Å². The van der Waals surface area contributed by atoms with E-state index in [-0.39, 0.29) is 17.0 Å². The summed E-state index contributed by atoms with van der Waals surface area (Å²) in [6.07, 6.45) is -4.35. The van der Waals surface area contributed by atoms with Crippen molar-refractivity contribution in [2.75, 3.05) is 5.75 Å². The third-order valence-electron chi connectivity index (χ3n) is 3.86. The molecule has 2 unspecified atom stereocenters. The Bertz CT molecular complexity index is 746. The lowest BCUT2D eigenvalue weighted by Gasteiger charge is -2.15. The molecule has 3 nitrogen and oxygen atoms in total. The summed E-state index contributed by atoms with van der Waals surface area (Å²) in [7, 11) is 0. The second kappa shape index (κ2) is 6.49. The van der Waals surface area contributed by atoms with Gasteiger partial charge in [-0.05, 0) is 35.4 Å². The molecule has 1 fully saturated rings. The Balaban J connectivity index is 1.74. The second-order valence-electron chi connectivity index (χ2n) is 5.48. The molecule has 1 heterocycles. The first-order valence-electron chi connectivity index (χ1n) is 7.22. The van der Waals surface area contributed by atoms with E-state index < -0.39 is 17.7 Å². The Kier molecular flexibility index (Phi) is 4.56. The highest BCUT2D eigenvalue weighted by Gasteiger charge is 2.32. The van der Waals surface area contributed by atoms with Gasteiger partial charge in [0.2, 0.25) is 0 Å². The summed E-state index contributed by atoms with van der Waals surface area (Å²) in [5.41, 5.74) is 1.05. The third kappa shape index (κ3) is 3.57. The molecule has 1 aliphatic rings. The maximum atomic E-state index is 12.8. The van der Waals surface area contributed by atoms with Gasteiger partial charge < -0.3 is 5.11 Å². The van der Waals surface area contributed by atoms with Gasteiger partial charge in [0.25, 0.3) is 0 Å². The highest BCUT2D eigenvalue weighted by atomic mass is 32.2. The van der Waals surface area contributed by atoms with Gasteiger partial charge in [0, 0.05) is 11.8 Å². The Morgan fingerprint density at radius 3 is 2.46 bits per heavy atom. The fourth-order valence-corrected chi connectivity index (χ4v) is 3.87. The third-order valence-corrected chi connectivity index (χ3v) is 5.13. The molecule has 0 aliphatic carbocycles. The molecule has 126 valence electrons. The van der Waals surface area contributed by atoms with Crippen LogP contribution in [0.1, 0.15) is 38.5 Å². The molecule has 0 spiro atoms. The van der Waals surface area contributed by atoms with E-state index in [0.29, 0.717) is 11.3 Å². The number of hydrogen-bond acceptors (Lipinski definition) is 3. The van der Waals surface area contributed by atoms with Crippen LogP contribution in [-0.4, -0.2) is 16.8 Å². The number of thioether (sulfide) groups is 1. The van der Waals surface area contributed by atoms with Crippen LogP contribution in [0.3, 0.4) is 0 Å². The van der Waals surface area contributed by atoms with E-state index in [0.717, 1.165) is 11.6 Å². The largest absolute Gasteiger partial charge is 0.478 e. The molecule has 0 radical (unpaired) electrons. The molecular weight excluding hydrogens is 339 g/mol. The van der Waals surface area contributed by atoms with Crippen molar-refractivity contribution in [3.05, 3.63) is 70.8 Å². The van der Waals surface area contributed by atoms with Crippen molar-refractivity contribution >= 4 is 17.7 Å². The van der Waals surface area contributed by atoms with Crippen LogP contribution in [-0.2, 0) is 6.18 Å². The minimum Gasteiger partial charge on any atom is -0.478 e. The highest BCUT2D eigenvalue weighted by Crippen LogP contribution is 2.40. The lowest BCUT2D eigenvalue weighted by molar-refractivity contribution is -0.137. The number of halogens is 3. The number of aromatic carboxylic acids is 1. The highest BCUT2D eigenvalue weighted by molar-refractivity contribution is 7.99. The van der Waals surface area contributed by atoms with Crippen LogP contribution >= 0.6 is 11.8 Å². The van der Waals surface area contributed by atoms with E-state index in [1.54, 1.807) is 30.0 Å². The minimum absolute atomic E-state index is 0.0765. The van der Waals surface area contributed by atoms with Crippen LogP contribution in [0.2, 0.25) is 0 Å². The van der Waals surface area contributed by atoms with E-state index in [9.17, 15) is 18.0 Å². The average molecular weight is 353 g/mol. The molecular formula is C17H14F3NO2S. The second-order valence-corrected chi connectivity index (χ2v) is 6.62. The van der Waals surface area contributed by atoms with E-state index in [4.69, 9.17) is 5.11 Å². The number of carboxylic acids is 1. The predicted octanol–water partition coefficient (Wildman–Crippen LogP) is 4.48. The van der Waals surface area contributed by atoms with Gasteiger partial charge in [0.1, 0.15) is 0 Å². The van der Waals surface area contributed by atoms with Crippen molar-refractivity contribution in [1.29, 1.82) is 0 Å². The molecule has 24 heavy (non-hydrogen) atoms. The zero-order valence-corrected chi connectivity index (χ0v) is 13.2. The number of nitrogens with one attached hydrogen (secondary N) is 1. The maximum Gasteiger partial charge on any atom is 0.416 e. The molecule has 0 bridgehead atoms. The van der Waals surface area contributed by atoms with Gasteiger partial charge in [-0.2, -0.15) is 13.2 Å². The van der Waals surface area contributed by atoms with Gasteiger partial charge in [-0.15, -0.1) is 11.8 Å². The summed E-state index contributed by atoms with van der Waals surface area (Å²) in [6, 6.07) is 11.7. The molecule has 1 saturated heterocycles. The quantitative estimate of drug-likeness (QED) is 0.854. The molecule has 3 rings (SSSR count).